The van der Waals surface area contributed by atoms with E-state index in [-0.39, 0.29) is 5.91 Å². The van der Waals surface area contributed by atoms with E-state index < -0.39 is 0 Å². The van der Waals surface area contributed by atoms with Gasteiger partial charge in [0.1, 0.15) is 0 Å². The van der Waals surface area contributed by atoms with Crippen LogP contribution in [-0.2, 0) is 17.8 Å². The molecule has 0 bridgehead atoms. The molecule has 0 unspecified atom stereocenters. The number of fused-ring (bicyclic) bond motifs is 2. The van der Waals surface area contributed by atoms with Gasteiger partial charge in [-0.1, -0.05) is 66.4 Å². The molecule has 0 atom stereocenters. The van der Waals surface area contributed by atoms with Gasteiger partial charge in [0.15, 0.2) is 12.4 Å². The molecule has 4 aromatic rings. The van der Waals surface area contributed by atoms with Crippen molar-refractivity contribution in [2.75, 3.05) is 4.90 Å². The van der Waals surface area contributed by atoms with E-state index in [0.29, 0.717) is 6.54 Å². The van der Waals surface area contributed by atoms with Gasteiger partial charge in [-0.2, -0.15) is 4.57 Å². The third kappa shape index (κ3) is 3.74. The molecule has 0 saturated carbocycles. The lowest BCUT2D eigenvalue weighted by Crippen LogP contribution is -2.43. The zero-order valence-electron chi connectivity index (χ0n) is 16.4. The molecule has 0 saturated heterocycles. The summed E-state index contributed by atoms with van der Waals surface area (Å²) in [5, 5.41) is 0. The second kappa shape index (κ2) is 8.17. The van der Waals surface area contributed by atoms with E-state index in [1.807, 2.05) is 64.3 Å². The van der Waals surface area contributed by atoms with Gasteiger partial charge in [0, 0.05) is 21.9 Å². The van der Waals surface area contributed by atoms with Crippen molar-refractivity contribution in [1.82, 2.24) is 0 Å². The van der Waals surface area contributed by atoms with Crippen LogP contribution in [0.3, 0.4) is 0 Å². The first kappa shape index (κ1) is 18.6. The zero-order chi connectivity index (χ0) is 20.3. The molecule has 0 N–H and O–H groups in total. The second-order valence-corrected chi connectivity index (χ2v) is 8.39. The van der Waals surface area contributed by atoms with E-state index in [4.69, 9.17) is 0 Å². The van der Waals surface area contributed by atoms with Crippen LogP contribution in [0.5, 0.6) is 0 Å². The number of pyridine rings is 1. The molecule has 2 heterocycles. The average molecular weight is 410 g/mol. The summed E-state index contributed by atoms with van der Waals surface area (Å²) >= 11 is 1.71. The lowest BCUT2D eigenvalue weighted by atomic mass is 10.1. The highest BCUT2D eigenvalue weighted by molar-refractivity contribution is 7.99. The number of carbonyl (C=O) groups excluding carboxylic acids is 1. The molecule has 146 valence electrons. The number of aromatic nitrogens is 1. The van der Waals surface area contributed by atoms with Gasteiger partial charge in [0.2, 0.25) is 6.54 Å². The largest absolute Gasteiger partial charge is 0.297 e. The Morgan fingerprint density at radius 3 is 1.87 bits per heavy atom. The van der Waals surface area contributed by atoms with E-state index in [1.165, 1.54) is 11.1 Å². The molecule has 0 fully saturated rings. The Balaban J connectivity index is 1.38. The number of amides is 1. The maximum Gasteiger partial charge on any atom is 0.297 e. The maximum absolute atomic E-state index is 13.4. The van der Waals surface area contributed by atoms with Crippen LogP contribution in [0.1, 0.15) is 11.1 Å². The predicted molar refractivity (Wildman–Crippen MR) is 120 cm³/mol. The van der Waals surface area contributed by atoms with Crippen LogP contribution in [0.2, 0.25) is 0 Å². The Morgan fingerprint density at radius 1 is 0.700 bits per heavy atom. The minimum Gasteiger partial charge on any atom is -0.273 e. The van der Waals surface area contributed by atoms with Gasteiger partial charge < -0.3 is 0 Å². The molecule has 3 nitrogen and oxygen atoms in total. The van der Waals surface area contributed by atoms with Crippen molar-refractivity contribution in [2.45, 2.75) is 22.8 Å². The number of anilines is 2. The summed E-state index contributed by atoms with van der Waals surface area (Å²) < 4.78 is 1.95. The minimum absolute atomic E-state index is 0.0519. The van der Waals surface area contributed by atoms with Gasteiger partial charge in [-0.25, -0.2) is 0 Å². The van der Waals surface area contributed by atoms with Crippen LogP contribution in [0.4, 0.5) is 11.4 Å². The third-order valence-corrected chi connectivity index (χ3v) is 6.34. The maximum atomic E-state index is 13.4. The lowest BCUT2D eigenvalue weighted by molar-refractivity contribution is -0.684. The van der Waals surface area contributed by atoms with Crippen LogP contribution in [0.15, 0.2) is 113 Å². The van der Waals surface area contributed by atoms with Crippen LogP contribution < -0.4 is 9.47 Å². The average Bonchev–Trinajstić information content (AvgIpc) is 2.79. The summed E-state index contributed by atoms with van der Waals surface area (Å²) in [5.41, 5.74) is 4.42. The highest BCUT2D eigenvalue weighted by Gasteiger charge is 2.29. The van der Waals surface area contributed by atoms with E-state index in [0.717, 1.165) is 27.6 Å². The molecule has 1 aromatic heterocycles. The number of hydrogen-bond donors (Lipinski definition) is 0. The molecule has 4 heteroatoms. The fourth-order valence-electron chi connectivity index (χ4n) is 3.74. The number of nitrogens with zero attached hydrogens (tertiary/aromatic N) is 2. The van der Waals surface area contributed by atoms with Crippen molar-refractivity contribution < 1.29 is 9.36 Å². The predicted octanol–water partition coefficient (Wildman–Crippen LogP) is 5.39. The molecular formula is C26H21N2OS+. The van der Waals surface area contributed by atoms with Crippen molar-refractivity contribution in [1.29, 1.82) is 0 Å². The van der Waals surface area contributed by atoms with Crippen molar-refractivity contribution in [3.8, 4) is 0 Å². The lowest BCUT2D eigenvalue weighted by Gasteiger charge is -2.30. The number of rotatable bonds is 4. The quantitative estimate of drug-likeness (QED) is 0.422. The van der Waals surface area contributed by atoms with E-state index >= 15 is 0 Å². The first-order valence-corrected chi connectivity index (χ1v) is 10.8. The fourth-order valence-corrected chi connectivity index (χ4v) is 4.80. The first-order chi connectivity index (χ1) is 14.8. The SMILES string of the molecule is O=C(C[n+]1ccc(Cc2ccccc2)cc1)N1c2ccccc2Sc2ccccc21. The summed E-state index contributed by atoms with van der Waals surface area (Å²) in [4.78, 5) is 17.4. The van der Waals surface area contributed by atoms with Gasteiger partial charge in [-0.3, -0.25) is 9.69 Å². The second-order valence-electron chi connectivity index (χ2n) is 7.31. The van der Waals surface area contributed by atoms with Gasteiger partial charge >= 0.3 is 0 Å². The molecule has 0 spiro atoms. The fraction of sp³-hybridized carbons (Fsp3) is 0.0769. The molecular weight excluding hydrogens is 388 g/mol. The van der Waals surface area contributed by atoms with Crippen LogP contribution >= 0.6 is 11.8 Å². The van der Waals surface area contributed by atoms with Crippen LogP contribution in [0, 0.1) is 0 Å². The molecule has 0 radical (unpaired) electrons. The van der Waals surface area contributed by atoms with Crippen LogP contribution in [-0.4, -0.2) is 5.91 Å². The smallest absolute Gasteiger partial charge is 0.273 e. The standard InChI is InChI=1S/C26H21N2OS/c29-26(19-27-16-14-21(15-17-27)18-20-8-2-1-3-9-20)28-22-10-4-6-12-24(22)30-25-13-7-5-11-23(25)28/h1-17H,18-19H2/q+1. The van der Waals surface area contributed by atoms with Gasteiger partial charge in [0.05, 0.1) is 11.4 Å². The summed E-state index contributed by atoms with van der Waals surface area (Å²) in [5.74, 6) is 0.0519. The highest BCUT2D eigenvalue weighted by Crippen LogP contribution is 2.47. The Labute approximate surface area is 180 Å². The Morgan fingerprint density at radius 2 is 1.23 bits per heavy atom. The minimum atomic E-state index is 0.0519. The van der Waals surface area contributed by atoms with E-state index in [2.05, 4.69) is 48.5 Å². The Hall–Kier alpha value is -3.37. The van der Waals surface area contributed by atoms with Gasteiger partial charge in [-0.05, 0) is 41.8 Å². The number of carbonyl (C=O) groups is 1. The molecule has 5 rings (SSSR count). The third-order valence-electron chi connectivity index (χ3n) is 5.21. The number of para-hydroxylation sites is 2. The normalized spacial score (nSPS) is 12.2. The monoisotopic (exact) mass is 409 g/mol. The van der Waals surface area contributed by atoms with Crippen molar-refractivity contribution in [3.63, 3.8) is 0 Å². The molecule has 3 aromatic carbocycles. The molecule has 1 aliphatic heterocycles. The topological polar surface area (TPSA) is 24.2 Å². The highest BCUT2D eigenvalue weighted by atomic mass is 32.2. The molecule has 1 aliphatic rings. The zero-order valence-corrected chi connectivity index (χ0v) is 17.3. The summed E-state index contributed by atoms with van der Waals surface area (Å²) in [6.07, 6.45) is 4.87. The van der Waals surface area contributed by atoms with Gasteiger partial charge in [-0.15, -0.1) is 0 Å². The van der Waals surface area contributed by atoms with Crippen molar-refractivity contribution >= 4 is 29.0 Å². The summed E-state index contributed by atoms with van der Waals surface area (Å²) in [6, 6.07) is 30.8. The molecule has 0 aliphatic carbocycles. The van der Waals surface area contributed by atoms with E-state index in [9.17, 15) is 4.79 Å². The molecule has 1 amide bonds. The summed E-state index contributed by atoms with van der Waals surface area (Å²) in [7, 11) is 0. The Kier molecular flexibility index (Phi) is 5.08. The summed E-state index contributed by atoms with van der Waals surface area (Å²) in [6.45, 7) is 0.291. The van der Waals surface area contributed by atoms with Gasteiger partial charge in [0.25, 0.3) is 5.91 Å². The number of hydrogen-bond acceptors (Lipinski definition) is 2. The van der Waals surface area contributed by atoms with Crippen molar-refractivity contribution in [2.24, 2.45) is 0 Å². The first-order valence-electron chi connectivity index (χ1n) is 9.99. The van der Waals surface area contributed by atoms with E-state index in [1.54, 1.807) is 11.8 Å². The Bertz CT molecular complexity index is 1140. The van der Waals surface area contributed by atoms with Crippen LogP contribution in [0.25, 0.3) is 0 Å². The van der Waals surface area contributed by atoms with Crippen molar-refractivity contribution in [3.05, 3.63) is 115 Å². The molecule has 30 heavy (non-hydrogen) atoms. The number of benzene rings is 3.